The Bertz CT molecular complexity index is 1010. The van der Waals surface area contributed by atoms with Crippen LogP contribution in [0.5, 0.6) is 5.75 Å². The zero-order valence-corrected chi connectivity index (χ0v) is 19.5. The third kappa shape index (κ3) is 6.21. The molecule has 1 amide bonds. The molecule has 0 aliphatic heterocycles. The zero-order valence-electron chi connectivity index (χ0n) is 17.2. The van der Waals surface area contributed by atoms with E-state index in [1.165, 1.54) is 16.9 Å². The Morgan fingerprint density at radius 1 is 1.13 bits per heavy atom. The number of amides is 1. The van der Waals surface area contributed by atoms with Crippen molar-refractivity contribution in [1.82, 2.24) is 4.98 Å². The molecular weight excluding hydrogens is 439 g/mol. The fourth-order valence-corrected chi connectivity index (χ4v) is 4.04. The summed E-state index contributed by atoms with van der Waals surface area (Å²) in [6.45, 7) is 7.01. The molecule has 0 fully saturated rings. The average Bonchev–Trinajstić information content (AvgIpc) is 3.13. The van der Waals surface area contributed by atoms with Crippen molar-refractivity contribution in [3.63, 3.8) is 0 Å². The van der Waals surface area contributed by atoms with Crippen LogP contribution in [0, 0.1) is 0 Å². The second kappa shape index (κ2) is 9.82. The average molecular weight is 463 g/mol. The van der Waals surface area contributed by atoms with Crippen LogP contribution in [0.25, 0.3) is 11.3 Å². The summed E-state index contributed by atoms with van der Waals surface area (Å²) in [4.78, 5) is 16.6. The summed E-state index contributed by atoms with van der Waals surface area (Å²) in [5.74, 6) is 0.720. The van der Waals surface area contributed by atoms with Crippen molar-refractivity contribution < 1.29 is 9.53 Å². The van der Waals surface area contributed by atoms with Crippen LogP contribution in [0.1, 0.15) is 39.2 Å². The molecule has 1 N–H and O–H groups in total. The van der Waals surface area contributed by atoms with Gasteiger partial charge in [0.1, 0.15) is 5.75 Å². The number of carbonyl (C=O) groups is 1. The quantitative estimate of drug-likeness (QED) is 0.377. The van der Waals surface area contributed by atoms with E-state index in [4.69, 9.17) is 27.9 Å². The molecule has 0 saturated carbocycles. The SMILES string of the molecule is CC(C)(C)c1ccc(OCCCC(=O)Nc2nc(-c3ccc(Cl)cc3Cl)cs2)cc1. The van der Waals surface area contributed by atoms with E-state index in [2.05, 4.69) is 43.2 Å². The molecule has 7 heteroatoms. The number of thiazole rings is 1. The molecule has 0 unspecified atom stereocenters. The summed E-state index contributed by atoms with van der Waals surface area (Å²) in [7, 11) is 0. The first-order chi connectivity index (χ1) is 14.2. The first-order valence-electron chi connectivity index (χ1n) is 9.66. The van der Waals surface area contributed by atoms with Crippen molar-refractivity contribution in [2.24, 2.45) is 0 Å². The minimum absolute atomic E-state index is 0.0928. The van der Waals surface area contributed by atoms with E-state index in [0.717, 1.165) is 11.3 Å². The number of hydrogen-bond donors (Lipinski definition) is 1. The predicted octanol–water partition coefficient (Wildman–Crippen LogP) is 7.21. The van der Waals surface area contributed by atoms with E-state index in [1.807, 2.05) is 23.6 Å². The van der Waals surface area contributed by atoms with Gasteiger partial charge in [0.2, 0.25) is 5.91 Å². The Balaban J connectivity index is 1.45. The van der Waals surface area contributed by atoms with Gasteiger partial charge in [-0.25, -0.2) is 4.98 Å². The third-order valence-electron chi connectivity index (χ3n) is 4.49. The van der Waals surface area contributed by atoms with Gasteiger partial charge in [0, 0.05) is 22.4 Å². The van der Waals surface area contributed by atoms with Gasteiger partial charge < -0.3 is 10.1 Å². The highest BCUT2D eigenvalue weighted by Gasteiger charge is 2.13. The molecule has 3 aromatic rings. The summed E-state index contributed by atoms with van der Waals surface area (Å²) in [6, 6.07) is 13.4. The number of aromatic nitrogens is 1. The second-order valence-electron chi connectivity index (χ2n) is 7.94. The lowest BCUT2D eigenvalue weighted by Crippen LogP contribution is -2.13. The number of benzene rings is 2. The van der Waals surface area contributed by atoms with Gasteiger partial charge in [0.25, 0.3) is 0 Å². The summed E-state index contributed by atoms with van der Waals surface area (Å²) in [5, 5.41) is 6.32. The van der Waals surface area contributed by atoms with E-state index in [-0.39, 0.29) is 11.3 Å². The maximum Gasteiger partial charge on any atom is 0.226 e. The Kier molecular flexibility index (Phi) is 7.40. The van der Waals surface area contributed by atoms with Gasteiger partial charge in [0.15, 0.2) is 5.13 Å². The highest BCUT2D eigenvalue weighted by atomic mass is 35.5. The Morgan fingerprint density at radius 2 is 1.87 bits per heavy atom. The first kappa shape index (κ1) is 22.6. The van der Waals surface area contributed by atoms with Crippen LogP contribution in [0.3, 0.4) is 0 Å². The largest absolute Gasteiger partial charge is 0.494 e. The van der Waals surface area contributed by atoms with E-state index in [0.29, 0.717) is 40.3 Å². The number of ether oxygens (including phenoxy) is 1. The molecule has 4 nitrogen and oxygen atoms in total. The number of hydrogen-bond acceptors (Lipinski definition) is 4. The van der Waals surface area contributed by atoms with Crippen molar-refractivity contribution >= 4 is 45.6 Å². The van der Waals surface area contributed by atoms with E-state index in [9.17, 15) is 4.79 Å². The van der Waals surface area contributed by atoms with Gasteiger partial charge >= 0.3 is 0 Å². The van der Waals surface area contributed by atoms with Crippen LogP contribution in [-0.2, 0) is 10.2 Å². The highest BCUT2D eigenvalue weighted by Crippen LogP contribution is 2.32. The maximum absolute atomic E-state index is 12.2. The van der Waals surface area contributed by atoms with Crippen molar-refractivity contribution in [3.05, 3.63) is 63.5 Å². The molecule has 0 saturated heterocycles. The zero-order chi connectivity index (χ0) is 21.7. The van der Waals surface area contributed by atoms with Crippen LogP contribution in [0.4, 0.5) is 5.13 Å². The number of nitrogens with one attached hydrogen (secondary N) is 1. The molecule has 3 rings (SSSR count). The van der Waals surface area contributed by atoms with E-state index < -0.39 is 0 Å². The van der Waals surface area contributed by atoms with Crippen LogP contribution >= 0.6 is 34.5 Å². The van der Waals surface area contributed by atoms with Crippen molar-refractivity contribution in [2.45, 2.75) is 39.0 Å². The van der Waals surface area contributed by atoms with E-state index >= 15 is 0 Å². The van der Waals surface area contributed by atoms with Gasteiger partial charge in [-0.1, -0.05) is 56.1 Å². The highest BCUT2D eigenvalue weighted by molar-refractivity contribution is 7.14. The second-order valence-corrected chi connectivity index (χ2v) is 9.64. The predicted molar refractivity (Wildman–Crippen MR) is 126 cm³/mol. The normalized spacial score (nSPS) is 11.4. The van der Waals surface area contributed by atoms with Crippen LogP contribution in [0.2, 0.25) is 10.0 Å². The maximum atomic E-state index is 12.2. The van der Waals surface area contributed by atoms with E-state index in [1.54, 1.807) is 12.1 Å². The number of halogens is 2. The fourth-order valence-electron chi connectivity index (χ4n) is 2.81. The lowest BCUT2D eigenvalue weighted by Gasteiger charge is -2.19. The Hall–Kier alpha value is -2.08. The molecule has 0 bridgehead atoms. The van der Waals surface area contributed by atoms with Gasteiger partial charge in [-0.3, -0.25) is 4.79 Å². The van der Waals surface area contributed by atoms with Gasteiger partial charge in [-0.05, 0) is 47.7 Å². The molecule has 158 valence electrons. The van der Waals surface area contributed by atoms with Crippen molar-refractivity contribution in [3.8, 4) is 17.0 Å². The van der Waals surface area contributed by atoms with Crippen LogP contribution in [-0.4, -0.2) is 17.5 Å². The molecule has 0 aliphatic carbocycles. The lowest BCUT2D eigenvalue weighted by atomic mass is 9.87. The summed E-state index contributed by atoms with van der Waals surface area (Å²) < 4.78 is 5.74. The van der Waals surface area contributed by atoms with Crippen LogP contribution in [0.15, 0.2) is 47.8 Å². The Labute approximate surface area is 191 Å². The topological polar surface area (TPSA) is 51.2 Å². The molecule has 1 aromatic heterocycles. The summed E-state index contributed by atoms with van der Waals surface area (Å²) in [6.07, 6.45) is 0.977. The third-order valence-corrected chi connectivity index (χ3v) is 5.80. The number of carbonyl (C=O) groups excluding carboxylic acids is 1. The van der Waals surface area contributed by atoms with Gasteiger partial charge in [-0.2, -0.15) is 0 Å². The molecule has 0 atom stereocenters. The standard InChI is InChI=1S/C23H24Cl2N2O2S/c1-23(2,3)15-6-9-17(10-7-15)29-12-4-5-21(28)27-22-26-20(14-30-22)18-11-8-16(24)13-19(18)25/h6-11,13-14H,4-5,12H2,1-3H3,(H,26,27,28). The molecule has 0 aliphatic rings. The monoisotopic (exact) mass is 462 g/mol. The number of nitrogens with zero attached hydrogens (tertiary/aromatic N) is 1. The first-order valence-corrected chi connectivity index (χ1v) is 11.3. The molecule has 1 heterocycles. The number of rotatable bonds is 7. The summed E-state index contributed by atoms with van der Waals surface area (Å²) >= 11 is 13.5. The van der Waals surface area contributed by atoms with Gasteiger partial charge in [-0.15, -0.1) is 11.3 Å². The summed E-state index contributed by atoms with van der Waals surface area (Å²) in [5.41, 5.74) is 2.87. The smallest absolute Gasteiger partial charge is 0.226 e. The molecule has 0 spiro atoms. The molecule has 2 aromatic carbocycles. The molecule has 30 heavy (non-hydrogen) atoms. The lowest BCUT2D eigenvalue weighted by molar-refractivity contribution is -0.116. The minimum Gasteiger partial charge on any atom is -0.494 e. The molecule has 0 radical (unpaired) electrons. The van der Waals surface area contributed by atoms with Gasteiger partial charge in [0.05, 0.1) is 17.3 Å². The molecular formula is C23H24Cl2N2O2S. The fraction of sp³-hybridized carbons (Fsp3) is 0.304. The van der Waals surface area contributed by atoms with Crippen molar-refractivity contribution in [1.29, 1.82) is 0 Å². The van der Waals surface area contributed by atoms with Crippen molar-refractivity contribution in [2.75, 3.05) is 11.9 Å². The Morgan fingerprint density at radius 3 is 2.53 bits per heavy atom. The minimum atomic E-state index is -0.0928. The number of anilines is 1. The van der Waals surface area contributed by atoms with Crippen LogP contribution < -0.4 is 10.1 Å².